The monoisotopic (exact) mass is 298 g/mol. The highest BCUT2D eigenvalue weighted by molar-refractivity contribution is 6.00. The molecule has 0 radical (unpaired) electrons. The number of ketones is 4. The fourth-order valence-corrected chi connectivity index (χ4v) is 1.86. The third kappa shape index (κ3) is 13.4. The highest BCUT2D eigenvalue weighted by atomic mass is 16.5. The summed E-state index contributed by atoms with van der Waals surface area (Å²) >= 11 is 0. The van der Waals surface area contributed by atoms with Crippen molar-refractivity contribution in [2.24, 2.45) is 0 Å². The second-order valence-electron chi connectivity index (χ2n) is 5.24. The summed E-state index contributed by atoms with van der Waals surface area (Å²) in [6.07, 6.45) is 2.69. The molecule has 0 saturated heterocycles. The highest BCUT2D eigenvalue weighted by Gasteiger charge is 2.11. The van der Waals surface area contributed by atoms with Gasteiger partial charge >= 0.3 is 0 Å². The number of hydrogen-bond donors (Lipinski definition) is 0. The fourth-order valence-electron chi connectivity index (χ4n) is 1.86. The van der Waals surface area contributed by atoms with Crippen molar-refractivity contribution in [3.05, 3.63) is 0 Å². The van der Waals surface area contributed by atoms with Crippen LogP contribution in [0.3, 0.4) is 0 Å². The minimum atomic E-state index is -0.160. The molecule has 0 aromatic carbocycles. The summed E-state index contributed by atoms with van der Waals surface area (Å²) in [4.78, 5) is 45.1. The van der Waals surface area contributed by atoms with Gasteiger partial charge in [0.1, 0.15) is 23.1 Å². The van der Waals surface area contributed by atoms with Crippen molar-refractivity contribution in [1.29, 1.82) is 0 Å². The lowest BCUT2D eigenvalue weighted by Crippen LogP contribution is -2.10. The zero-order chi connectivity index (χ0) is 16.1. The summed E-state index contributed by atoms with van der Waals surface area (Å²) in [5.41, 5.74) is 0. The van der Waals surface area contributed by atoms with Crippen LogP contribution in [0.25, 0.3) is 0 Å². The minimum absolute atomic E-state index is 0.0608. The van der Waals surface area contributed by atoms with Crippen LogP contribution in [0, 0.1) is 0 Å². The molecular weight excluding hydrogens is 272 g/mol. The van der Waals surface area contributed by atoms with Crippen molar-refractivity contribution < 1.29 is 23.9 Å². The second-order valence-corrected chi connectivity index (χ2v) is 5.24. The lowest BCUT2D eigenvalue weighted by molar-refractivity contribution is -0.127. The molecule has 120 valence electrons. The van der Waals surface area contributed by atoms with E-state index >= 15 is 0 Å². The van der Waals surface area contributed by atoms with Crippen LogP contribution in [0.1, 0.15) is 65.2 Å². The molecule has 21 heavy (non-hydrogen) atoms. The first-order chi connectivity index (χ1) is 9.95. The molecule has 0 aromatic heterocycles. The van der Waals surface area contributed by atoms with E-state index in [1.165, 1.54) is 6.92 Å². The number of hydrogen-bond acceptors (Lipinski definition) is 5. The van der Waals surface area contributed by atoms with Crippen LogP contribution in [0.5, 0.6) is 0 Å². The van der Waals surface area contributed by atoms with Gasteiger partial charge in [0.15, 0.2) is 0 Å². The molecule has 5 heteroatoms. The maximum absolute atomic E-state index is 11.6. The van der Waals surface area contributed by atoms with E-state index < -0.39 is 0 Å². The molecule has 0 atom stereocenters. The van der Waals surface area contributed by atoms with Gasteiger partial charge in [0, 0.05) is 32.5 Å². The molecule has 0 heterocycles. The van der Waals surface area contributed by atoms with Crippen molar-refractivity contribution in [1.82, 2.24) is 0 Å². The van der Waals surface area contributed by atoms with Gasteiger partial charge < -0.3 is 4.74 Å². The fraction of sp³-hybridized carbons (Fsp3) is 0.750. The predicted molar refractivity (Wildman–Crippen MR) is 79.1 cm³/mol. The lowest BCUT2D eigenvalue weighted by atomic mass is 10.0. The summed E-state index contributed by atoms with van der Waals surface area (Å²) in [5.74, 6) is -0.512. The first-order valence-corrected chi connectivity index (χ1v) is 7.58. The van der Waals surface area contributed by atoms with Crippen molar-refractivity contribution in [3.63, 3.8) is 0 Å². The van der Waals surface area contributed by atoms with Gasteiger partial charge in [-0.3, -0.25) is 19.2 Å². The van der Waals surface area contributed by atoms with Crippen LogP contribution in [-0.2, 0) is 23.9 Å². The lowest BCUT2D eigenvalue weighted by Gasteiger charge is -2.03. The first-order valence-electron chi connectivity index (χ1n) is 7.58. The first kappa shape index (κ1) is 19.6. The zero-order valence-corrected chi connectivity index (χ0v) is 13.1. The number of carbonyl (C=O) groups is 4. The molecule has 0 aliphatic carbocycles. The Morgan fingerprint density at radius 3 is 1.81 bits per heavy atom. The van der Waals surface area contributed by atoms with Gasteiger partial charge in [-0.2, -0.15) is 0 Å². The van der Waals surface area contributed by atoms with Crippen molar-refractivity contribution >= 4 is 23.1 Å². The Morgan fingerprint density at radius 2 is 1.29 bits per heavy atom. The maximum Gasteiger partial charge on any atom is 0.140 e. The Labute approximate surface area is 126 Å². The molecule has 0 bridgehead atoms. The second kappa shape index (κ2) is 12.4. The zero-order valence-electron chi connectivity index (χ0n) is 13.1. The van der Waals surface area contributed by atoms with E-state index in [0.29, 0.717) is 32.5 Å². The van der Waals surface area contributed by atoms with E-state index in [-0.39, 0.29) is 48.8 Å². The Kier molecular flexibility index (Phi) is 11.6. The van der Waals surface area contributed by atoms with Crippen LogP contribution in [0.2, 0.25) is 0 Å². The average Bonchev–Trinajstić information content (AvgIpc) is 2.37. The molecule has 0 aliphatic heterocycles. The molecule has 0 amide bonds. The third-order valence-corrected chi connectivity index (χ3v) is 2.84. The number of ether oxygens (including phenoxy) is 1. The van der Waals surface area contributed by atoms with E-state index in [2.05, 4.69) is 0 Å². The van der Waals surface area contributed by atoms with Crippen LogP contribution in [0.15, 0.2) is 0 Å². The largest absolute Gasteiger partial charge is 0.381 e. The van der Waals surface area contributed by atoms with E-state index in [1.807, 2.05) is 6.92 Å². The van der Waals surface area contributed by atoms with Crippen LogP contribution in [0.4, 0.5) is 0 Å². The van der Waals surface area contributed by atoms with Gasteiger partial charge in [-0.25, -0.2) is 0 Å². The SMILES string of the molecule is CCCOCCCC(=O)CC(=O)CCCC(=O)CC(C)=O. The molecule has 0 spiro atoms. The van der Waals surface area contributed by atoms with E-state index in [1.54, 1.807) is 0 Å². The van der Waals surface area contributed by atoms with E-state index in [4.69, 9.17) is 4.74 Å². The molecule has 0 rings (SSSR count). The number of Topliss-reactive ketones (excluding diaryl/α,β-unsaturated/α-hetero) is 4. The molecule has 0 saturated carbocycles. The molecule has 5 nitrogen and oxygen atoms in total. The Bertz CT molecular complexity index is 360. The quantitative estimate of drug-likeness (QED) is 0.363. The summed E-state index contributed by atoms with van der Waals surface area (Å²) in [6, 6.07) is 0. The van der Waals surface area contributed by atoms with Crippen molar-refractivity contribution in [2.75, 3.05) is 13.2 Å². The van der Waals surface area contributed by atoms with Crippen molar-refractivity contribution in [2.45, 2.75) is 65.2 Å². The topological polar surface area (TPSA) is 77.5 Å². The van der Waals surface area contributed by atoms with Gasteiger partial charge in [-0.05, 0) is 26.2 Å². The van der Waals surface area contributed by atoms with Gasteiger partial charge in [0.25, 0.3) is 0 Å². The number of rotatable bonds is 14. The Hall–Kier alpha value is -1.36. The molecule has 0 unspecified atom stereocenters. The highest BCUT2D eigenvalue weighted by Crippen LogP contribution is 2.05. The minimum Gasteiger partial charge on any atom is -0.381 e. The molecule has 0 N–H and O–H groups in total. The summed E-state index contributed by atoms with van der Waals surface area (Å²) < 4.78 is 5.26. The predicted octanol–water partition coefficient (Wildman–Crippen LogP) is 2.44. The third-order valence-electron chi connectivity index (χ3n) is 2.84. The summed E-state index contributed by atoms with van der Waals surface area (Å²) in [5, 5.41) is 0. The van der Waals surface area contributed by atoms with Gasteiger partial charge in [0.05, 0.1) is 12.8 Å². The Morgan fingerprint density at radius 1 is 0.762 bits per heavy atom. The van der Waals surface area contributed by atoms with Crippen LogP contribution >= 0.6 is 0 Å². The van der Waals surface area contributed by atoms with Crippen LogP contribution in [-0.4, -0.2) is 36.3 Å². The molecule has 0 aliphatic rings. The summed E-state index contributed by atoms with van der Waals surface area (Å²) in [7, 11) is 0. The van der Waals surface area contributed by atoms with Gasteiger partial charge in [-0.1, -0.05) is 6.92 Å². The van der Waals surface area contributed by atoms with Gasteiger partial charge in [0.2, 0.25) is 0 Å². The normalized spacial score (nSPS) is 10.4. The van der Waals surface area contributed by atoms with E-state index in [0.717, 1.165) is 6.42 Å². The van der Waals surface area contributed by atoms with Gasteiger partial charge in [-0.15, -0.1) is 0 Å². The van der Waals surface area contributed by atoms with Crippen molar-refractivity contribution in [3.8, 4) is 0 Å². The average molecular weight is 298 g/mol. The number of carbonyl (C=O) groups excluding carboxylic acids is 4. The van der Waals surface area contributed by atoms with Crippen LogP contribution < -0.4 is 0 Å². The summed E-state index contributed by atoms with van der Waals surface area (Å²) in [6.45, 7) is 4.63. The smallest absolute Gasteiger partial charge is 0.140 e. The molecule has 0 fully saturated rings. The standard InChI is InChI=1S/C16H26O5/c1-3-9-21-10-5-8-16(20)12-15(19)7-4-6-14(18)11-13(2)17/h3-12H2,1-2H3. The Balaban J connectivity index is 3.62. The molecule has 0 aromatic rings. The maximum atomic E-state index is 11.6. The van der Waals surface area contributed by atoms with E-state index in [9.17, 15) is 19.2 Å². The molecular formula is C16H26O5.